The van der Waals surface area contributed by atoms with Crippen molar-refractivity contribution < 1.29 is 14.0 Å². The zero-order chi connectivity index (χ0) is 18.3. The van der Waals surface area contributed by atoms with E-state index in [1.165, 1.54) is 12.1 Å². The first kappa shape index (κ1) is 17.0. The van der Waals surface area contributed by atoms with Gasteiger partial charge in [-0.25, -0.2) is 4.39 Å². The highest BCUT2D eigenvalue weighted by atomic mass is 35.5. The van der Waals surface area contributed by atoms with Crippen LogP contribution in [0.25, 0.3) is 0 Å². The molecule has 0 saturated heterocycles. The van der Waals surface area contributed by atoms with Crippen molar-refractivity contribution in [3.8, 4) is 0 Å². The number of benzene rings is 2. The van der Waals surface area contributed by atoms with Crippen LogP contribution in [0.15, 0.2) is 59.8 Å². The number of amides is 1. The molecule has 26 heavy (non-hydrogen) atoms. The summed E-state index contributed by atoms with van der Waals surface area (Å²) < 4.78 is 13.2. The lowest BCUT2D eigenvalue weighted by Crippen LogP contribution is -2.38. The van der Waals surface area contributed by atoms with E-state index in [1.54, 1.807) is 24.3 Å². The van der Waals surface area contributed by atoms with Crippen LogP contribution in [0.5, 0.6) is 0 Å². The van der Waals surface area contributed by atoms with E-state index in [1.807, 2.05) is 12.1 Å². The minimum atomic E-state index is -0.301. The van der Waals surface area contributed by atoms with Gasteiger partial charge in [0.25, 0.3) is 0 Å². The smallest absolute Gasteiger partial charge is 0.225 e. The zero-order valence-corrected chi connectivity index (χ0v) is 14.7. The molecule has 132 valence electrons. The van der Waals surface area contributed by atoms with Gasteiger partial charge in [-0.2, -0.15) is 0 Å². The maximum atomic E-state index is 13.2. The van der Waals surface area contributed by atoms with Crippen molar-refractivity contribution in [3.05, 3.63) is 81.8 Å². The number of ketones is 1. The second kappa shape index (κ2) is 6.69. The molecule has 1 heterocycles. The molecule has 0 radical (unpaired) electrons. The molecular weight excluding hydrogens is 353 g/mol. The van der Waals surface area contributed by atoms with E-state index in [2.05, 4.69) is 5.32 Å². The summed E-state index contributed by atoms with van der Waals surface area (Å²) in [5, 5.41) is 3.51. The maximum Gasteiger partial charge on any atom is 0.225 e. The SMILES string of the molecule is O=C1C[C@@H](c2ccc(Cl)cc2)C2=C(C[C@@H](c3ccc(F)cc3)CC2=O)N1. The van der Waals surface area contributed by atoms with Gasteiger partial charge in [0.1, 0.15) is 5.82 Å². The fourth-order valence-electron chi connectivity index (χ4n) is 3.91. The van der Waals surface area contributed by atoms with E-state index >= 15 is 0 Å². The van der Waals surface area contributed by atoms with Gasteiger partial charge in [-0.3, -0.25) is 9.59 Å². The van der Waals surface area contributed by atoms with Crippen LogP contribution < -0.4 is 5.32 Å². The number of hydrogen-bond acceptors (Lipinski definition) is 2. The van der Waals surface area contributed by atoms with Gasteiger partial charge in [-0.05, 0) is 47.7 Å². The molecule has 1 aliphatic heterocycles. The van der Waals surface area contributed by atoms with Gasteiger partial charge in [0.05, 0.1) is 0 Å². The third-order valence-corrected chi connectivity index (χ3v) is 5.40. The summed E-state index contributed by atoms with van der Waals surface area (Å²) in [6.07, 6.45) is 1.19. The van der Waals surface area contributed by atoms with Gasteiger partial charge < -0.3 is 5.32 Å². The largest absolute Gasteiger partial charge is 0.329 e. The number of halogens is 2. The minimum Gasteiger partial charge on any atom is -0.329 e. The Morgan fingerprint density at radius 2 is 1.54 bits per heavy atom. The molecule has 2 atom stereocenters. The first-order valence-corrected chi connectivity index (χ1v) is 8.96. The maximum absolute atomic E-state index is 13.2. The average Bonchev–Trinajstić information content (AvgIpc) is 2.62. The molecule has 1 N–H and O–H groups in total. The van der Waals surface area contributed by atoms with Crippen LogP contribution >= 0.6 is 11.6 Å². The van der Waals surface area contributed by atoms with Crippen LogP contribution in [0, 0.1) is 5.82 Å². The molecule has 0 unspecified atom stereocenters. The summed E-state index contributed by atoms with van der Waals surface area (Å²) in [7, 11) is 0. The zero-order valence-electron chi connectivity index (χ0n) is 14.0. The molecule has 0 saturated carbocycles. The highest BCUT2D eigenvalue weighted by molar-refractivity contribution is 6.30. The Morgan fingerprint density at radius 3 is 2.23 bits per heavy atom. The van der Waals surface area contributed by atoms with Crippen molar-refractivity contribution in [1.29, 1.82) is 0 Å². The van der Waals surface area contributed by atoms with Crippen molar-refractivity contribution in [2.24, 2.45) is 0 Å². The summed E-state index contributed by atoms with van der Waals surface area (Å²) in [6.45, 7) is 0. The van der Waals surface area contributed by atoms with E-state index in [-0.39, 0.29) is 35.8 Å². The first-order chi connectivity index (χ1) is 12.5. The van der Waals surface area contributed by atoms with Crippen LogP contribution in [-0.2, 0) is 9.59 Å². The van der Waals surface area contributed by atoms with Crippen molar-refractivity contribution in [2.75, 3.05) is 0 Å². The van der Waals surface area contributed by atoms with Gasteiger partial charge in [0, 0.05) is 35.1 Å². The molecular formula is C21H17ClFNO2. The number of allylic oxidation sites excluding steroid dienone is 2. The molecule has 2 aliphatic rings. The summed E-state index contributed by atoms with van der Waals surface area (Å²) in [6, 6.07) is 13.5. The van der Waals surface area contributed by atoms with E-state index in [0.717, 1.165) is 11.1 Å². The van der Waals surface area contributed by atoms with E-state index in [9.17, 15) is 14.0 Å². The van der Waals surface area contributed by atoms with Crippen molar-refractivity contribution in [3.63, 3.8) is 0 Å². The average molecular weight is 370 g/mol. The molecule has 2 aromatic rings. The van der Waals surface area contributed by atoms with Crippen molar-refractivity contribution >= 4 is 23.3 Å². The Labute approximate surface area is 155 Å². The van der Waals surface area contributed by atoms with Gasteiger partial charge >= 0.3 is 0 Å². The van der Waals surface area contributed by atoms with Crippen molar-refractivity contribution in [1.82, 2.24) is 5.32 Å². The van der Waals surface area contributed by atoms with Crippen LogP contribution in [0.3, 0.4) is 0 Å². The molecule has 5 heteroatoms. The fourth-order valence-corrected chi connectivity index (χ4v) is 4.04. The van der Waals surface area contributed by atoms with E-state index in [0.29, 0.717) is 29.1 Å². The van der Waals surface area contributed by atoms with Crippen molar-refractivity contribution in [2.45, 2.75) is 31.1 Å². The molecule has 1 aliphatic carbocycles. The molecule has 1 amide bonds. The molecule has 3 nitrogen and oxygen atoms in total. The number of Topliss-reactive ketones (excluding diaryl/α,β-unsaturated/α-hetero) is 1. The highest BCUT2D eigenvalue weighted by Gasteiger charge is 2.38. The fraction of sp³-hybridized carbons (Fsp3) is 0.238. The number of carbonyl (C=O) groups excluding carboxylic acids is 2. The Hall–Kier alpha value is -2.46. The lowest BCUT2D eigenvalue weighted by atomic mass is 9.73. The van der Waals surface area contributed by atoms with Crippen LogP contribution in [0.2, 0.25) is 5.02 Å². The predicted octanol–water partition coefficient (Wildman–Crippen LogP) is 4.48. The van der Waals surface area contributed by atoms with E-state index in [4.69, 9.17) is 11.6 Å². The Balaban J connectivity index is 1.70. The molecule has 0 bridgehead atoms. The molecule has 0 spiro atoms. The van der Waals surface area contributed by atoms with Gasteiger partial charge in [-0.1, -0.05) is 35.9 Å². The molecule has 0 fully saturated rings. The standard InChI is InChI=1S/C21H17ClFNO2/c22-15-5-1-13(2-6-15)17-11-20(26)24-18-9-14(10-19(25)21(17)18)12-3-7-16(23)8-4-12/h1-8,14,17H,9-11H2,(H,24,26)/t14-,17+/m1/s1. The Kier molecular flexibility index (Phi) is 4.37. The number of rotatable bonds is 2. The molecule has 0 aromatic heterocycles. The lowest BCUT2D eigenvalue weighted by molar-refractivity contribution is -0.122. The summed E-state index contributed by atoms with van der Waals surface area (Å²) in [4.78, 5) is 25.2. The Morgan fingerprint density at radius 1 is 0.885 bits per heavy atom. The summed E-state index contributed by atoms with van der Waals surface area (Å²) in [5.74, 6) is -0.634. The third kappa shape index (κ3) is 3.17. The monoisotopic (exact) mass is 369 g/mol. The van der Waals surface area contributed by atoms with E-state index < -0.39 is 0 Å². The number of nitrogens with one attached hydrogen (secondary N) is 1. The van der Waals surface area contributed by atoms with Gasteiger partial charge in [-0.15, -0.1) is 0 Å². The highest BCUT2D eigenvalue weighted by Crippen LogP contribution is 2.42. The predicted molar refractivity (Wildman–Crippen MR) is 97.4 cm³/mol. The minimum absolute atomic E-state index is 0.0422. The second-order valence-electron chi connectivity index (χ2n) is 6.83. The van der Waals surface area contributed by atoms with Crippen LogP contribution in [-0.4, -0.2) is 11.7 Å². The molecule has 4 rings (SSSR count). The second-order valence-corrected chi connectivity index (χ2v) is 7.27. The Bertz CT molecular complexity index is 903. The molecule has 2 aromatic carbocycles. The van der Waals surface area contributed by atoms with Crippen LogP contribution in [0.1, 0.15) is 42.2 Å². The number of carbonyl (C=O) groups is 2. The van der Waals surface area contributed by atoms with Gasteiger partial charge in [0.2, 0.25) is 5.91 Å². The van der Waals surface area contributed by atoms with Crippen LogP contribution in [0.4, 0.5) is 4.39 Å². The normalized spacial score (nSPS) is 22.8. The summed E-state index contributed by atoms with van der Waals surface area (Å²) in [5.41, 5.74) is 3.23. The van der Waals surface area contributed by atoms with Gasteiger partial charge in [0.15, 0.2) is 5.78 Å². The first-order valence-electron chi connectivity index (χ1n) is 8.58. The number of hydrogen-bond donors (Lipinski definition) is 1. The quantitative estimate of drug-likeness (QED) is 0.848. The topological polar surface area (TPSA) is 46.2 Å². The summed E-state index contributed by atoms with van der Waals surface area (Å²) >= 11 is 5.96. The lowest BCUT2D eigenvalue weighted by Gasteiger charge is -2.34. The third-order valence-electron chi connectivity index (χ3n) is 5.15.